The number of para-hydroxylation sites is 1. The molecule has 3 N–H and O–H groups in total. The maximum absolute atomic E-state index is 12.3. The minimum Gasteiger partial charge on any atom is -0.449 e. The largest absolute Gasteiger partial charge is 0.449 e. The lowest BCUT2D eigenvalue weighted by Gasteiger charge is -2.18. The van der Waals surface area contributed by atoms with Crippen molar-refractivity contribution in [1.29, 1.82) is 0 Å². The molecule has 1 heterocycles. The Labute approximate surface area is 197 Å². The molecule has 34 heavy (non-hydrogen) atoms. The van der Waals surface area contributed by atoms with Crippen LogP contribution in [-0.2, 0) is 4.74 Å². The number of rotatable bonds is 7. The van der Waals surface area contributed by atoms with Crippen LogP contribution in [0, 0.1) is 0 Å². The highest BCUT2D eigenvalue weighted by molar-refractivity contribution is 5.79. The van der Waals surface area contributed by atoms with Crippen molar-refractivity contribution >= 4 is 17.0 Å². The molecule has 6 nitrogen and oxygen atoms in total. The molecule has 0 radical (unpaired) electrons. The number of ether oxygens (including phenoxy) is 1. The summed E-state index contributed by atoms with van der Waals surface area (Å²) in [4.78, 5) is 16.7. The van der Waals surface area contributed by atoms with Crippen LogP contribution in [0.25, 0.3) is 22.0 Å². The summed E-state index contributed by atoms with van der Waals surface area (Å²) in [6.07, 6.45) is -2.59. The number of carbonyl (C=O) groups is 1. The standard InChI is InChI=1S/C28H26N2O4/c31-26(27(32)25-14-13-18-7-1-6-12-24(18)30-25)15-16-29-28(33)34-17-23-21-10-4-2-8-19(21)20-9-3-5-11-22(20)23/h1-14,23,26-27,31-32H,15-17H2,(H,29,33). The van der Waals surface area contributed by atoms with E-state index in [9.17, 15) is 15.0 Å². The minimum absolute atomic E-state index is 0.00968. The molecule has 0 fully saturated rings. The highest BCUT2D eigenvalue weighted by Gasteiger charge is 2.29. The number of pyridine rings is 1. The molecule has 1 aromatic heterocycles. The zero-order valence-corrected chi connectivity index (χ0v) is 18.6. The molecule has 5 rings (SSSR count). The van der Waals surface area contributed by atoms with Crippen molar-refractivity contribution in [3.05, 3.63) is 102 Å². The van der Waals surface area contributed by atoms with Gasteiger partial charge in [-0.25, -0.2) is 9.78 Å². The van der Waals surface area contributed by atoms with Gasteiger partial charge in [0.15, 0.2) is 0 Å². The van der Waals surface area contributed by atoms with Crippen LogP contribution < -0.4 is 5.32 Å². The third kappa shape index (κ3) is 4.38. The number of amides is 1. The van der Waals surface area contributed by atoms with E-state index in [1.165, 1.54) is 11.1 Å². The molecule has 6 heteroatoms. The number of carbonyl (C=O) groups excluding carboxylic acids is 1. The Kier molecular flexibility index (Phi) is 6.25. The van der Waals surface area contributed by atoms with E-state index in [-0.39, 0.29) is 25.5 Å². The van der Waals surface area contributed by atoms with Crippen LogP contribution in [0.4, 0.5) is 4.79 Å². The Hall–Kier alpha value is -3.74. The average molecular weight is 455 g/mol. The lowest BCUT2D eigenvalue weighted by atomic mass is 9.98. The number of aromatic nitrogens is 1. The molecule has 0 saturated heterocycles. The third-order valence-electron chi connectivity index (χ3n) is 6.34. The van der Waals surface area contributed by atoms with Crippen LogP contribution in [0.15, 0.2) is 84.9 Å². The van der Waals surface area contributed by atoms with Gasteiger partial charge in [-0.2, -0.15) is 0 Å². The summed E-state index contributed by atoms with van der Waals surface area (Å²) in [5.74, 6) is -0.00968. The molecule has 1 aliphatic carbocycles. The smallest absolute Gasteiger partial charge is 0.407 e. The topological polar surface area (TPSA) is 91.7 Å². The van der Waals surface area contributed by atoms with E-state index >= 15 is 0 Å². The average Bonchev–Trinajstić information content (AvgIpc) is 3.20. The van der Waals surface area contributed by atoms with E-state index in [2.05, 4.69) is 34.6 Å². The Bertz CT molecular complexity index is 1280. The van der Waals surface area contributed by atoms with Crippen LogP contribution in [0.5, 0.6) is 0 Å². The van der Waals surface area contributed by atoms with Gasteiger partial charge in [0.2, 0.25) is 0 Å². The summed E-state index contributed by atoms with van der Waals surface area (Å²) in [6.45, 7) is 0.397. The molecule has 3 aromatic carbocycles. The van der Waals surface area contributed by atoms with Gasteiger partial charge in [-0.1, -0.05) is 72.8 Å². The van der Waals surface area contributed by atoms with E-state index in [4.69, 9.17) is 4.74 Å². The second-order valence-corrected chi connectivity index (χ2v) is 8.48. The number of nitrogens with one attached hydrogen (secondary N) is 1. The fourth-order valence-electron chi connectivity index (χ4n) is 4.57. The molecule has 172 valence electrons. The Balaban J connectivity index is 1.13. The van der Waals surface area contributed by atoms with Crippen molar-refractivity contribution in [2.75, 3.05) is 13.2 Å². The quantitative estimate of drug-likeness (QED) is 0.381. The van der Waals surface area contributed by atoms with Crippen LogP contribution >= 0.6 is 0 Å². The number of alkyl carbamates (subject to hydrolysis) is 1. The Morgan fingerprint density at radius 2 is 1.53 bits per heavy atom. The van der Waals surface area contributed by atoms with E-state index in [0.29, 0.717) is 5.69 Å². The summed E-state index contributed by atoms with van der Waals surface area (Å²) < 4.78 is 5.51. The molecule has 1 amide bonds. The fourth-order valence-corrected chi connectivity index (χ4v) is 4.57. The predicted octanol–water partition coefficient (Wildman–Crippen LogP) is 4.56. The van der Waals surface area contributed by atoms with Crippen molar-refractivity contribution < 1.29 is 19.7 Å². The zero-order valence-electron chi connectivity index (χ0n) is 18.6. The molecule has 2 atom stereocenters. The van der Waals surface area contributed by atoms with Gasteiger partial charge in [0.05, 0.1) is 17.3 Å². The number of fused-ring (bicyclic) bond motifs is 4. The normalized spacial score (nSPS) is 14.3. The summed E-state index contributed by atoms with van der Waals surface area (Å²) in [7, 11) is 0. The number of benzene rings is 3. The number of nitrogens with zero attached hydrogens (tertiary/aromatic N) is 1. The van der Waals surface area contributed by atoms with E-state index in [1.807, 2.05) is 54.6 Å². The van der Waals surface area contributed by atoms with Crippen LogP contribution in [0.3, 0.4) is 0 Å². The highest BCUT2D eigenvalue weighted by atomic mass is 16.5. The van der Waals surface area contributed by atoms with Gasteiger partial charge >= 0.3 is 6.09 Å². The molecule has 4 aromatic rings. The fraction of sp³-hybridized carbons (Fsp3) is 0.214. The molecule has 1 aliphatic rings. The first-order valence-electron chi connectivity index (χ1n) is 11.4. The van der Waals surface area contributed by atoms with E-state index < -0.39 is 18.3 Å². The first kappa shape index (κ1) is 22.1. The minimum atomic E-state index is -1.14. The first-order valence-corrected chi connectivity index (χ1v) is 11.4. The van der Waals surface area contributed by atoms with Gasteiger partial charge in [-0.3, -0.25) is 0 Å². The van der Waals surface area contributed by atoms with Crippen LogP contribution in [-0.4, -0.2) is 40.5 Å². The second-order valence-electron chi connectivity index (χ2n) is 8.48. The number of aliphatic hydroxyl groups excluding tert-OH is 2. The number of aliphatic hydroxyl groups is 2. The van der Waals surface area contributed by atoms with Gasteiger partial charge in [0.1, 0.15) is 12.7 Å². The van der Waals surface area contributed by atoms with Crippen LogP contribution in [0.1, 0.15) is 35.3 Å². The molecule has 2 unspecified atom stereocenters. The van der Waals surface area contributed by atoms with E-state index in [1.54, 1.807) is 6.07 Å². The molecule has 0 spiro atoms. The molecule has 0 aliphatic heterocycles. The molecular weight excluding hydrogens is 428 g/mol. The molecule has 0 bridgehead atoms. The van der Waals surface area contributed by atoms with Gasteiger partial charge in [-0.15, -0.1) is 0 Å². The zero-order chi connectivity index (χ0) is 23.5. The number of hydrogen-bond donors (Lipinski definition) is 3. The van der Waals surface area contributed by atoms with Crippen molar-refractivity contribution in [1.82, 2.24) is 10.3 Å². The summed E-state index contributed by atoms with van der Waals surface area (Å²) in [5, 5.41) is 24.5. The summed E-state index contributed by atoms with van der Waals surface area (Å²) in [5.41, 5.74) is 5.80. The highest BCUT2D eigenvalue weighted by Crippen LogP contribution is 2.44. The summed E-state index contributed by atoms with van der Waals surface area (Å²) in [6, 6.07) is 27.5. The van der Waals surface area contributed by atoms with Crippen LogP contribution in [0.2, 0.25) is 0 Å². The lowest BCUT2D eigenvalue weighted by molar-refractivity contribution is 0.0114. The van der Waals surface area contributed by atoms with Crippen molar-refractivity contribution in [2.45, 2.75) is 24.5 Å². The van der Waals surface area contributed by atoms with Crippen molar-refractivity contribution in [3.63, 3.8) is 0 Å². The SMILES string of the molecule is O=C(NCCC(O)C(O)c1ccc2ccccc2n1)OCC1c2ccccc2-c2ccccc21. The van der Waals surface area contributed by atoms with E-state index in [0.717, 1.165) is 22.0 Å². The van der Waals surface area contributed by atoms with Gasteiger partial charge < -0.3 is 20.3 Å². The number of hydrogen-bond acceptors (Lipinski definition) is 5. The Morgan fingerprint density at radius 1 is 0.882 bits per heavy atom. The third-order valence-corrected chi connectivity index (χ3v) is 6.34. The maximum atomic E-state index is 12.3. The van der Waals surface area contributed by atoms with Gasteiger partial charge in [0.25, 0.3) is 0 Å². The second kappa shape index (κ2) is 9.63. The Morgan fingerprint density at radius 3 is 2.26 bits per heavy atom. The lowest BCUT2D eigenvalue weighted by Crippen LogP contribution is -2.30. The van der Waals surface area contributed by atoms with Gasteiger partial charge in [0, 0.05) is 17.8 Å². The summed E-state index contributed by atoms with van der Waals surface area (Å²) >= 11 is 0. The van der Waals surface area contributed by atoms with Crippen molar-refractivity contribution in [2.24, 2.45) is 0 Å². The van der Waals surface area contributed by atoms with Gasteiger partial charge in [-0.05, 0) is 40.8 Å². The predicted molar refractivity (Wildman–Crippen MR) is 130 cm³/mol. The first-order chi connectivity index (χ1) is 16.6. The molecular formula is C28H26N2O4. The van der Waals surface area contributed by atoms with Crippen molar-refractivity contribution in [3.8, 4) is 11.1 Å². The maximum Gasteiger partial charge on any atom is 0.407 e. The monoisotopic (exact) mass is 454 g/mol. The molecule has 0 saturated carbocycles.